The van der Waals surface area contributed by atoms with Gasteiger partial charge in [0, 0.05) is 10.4 Å². The number of hydrogen-bond acceptors (Lipinski definition) is 2. The van der Waals surface area contributed by atoms with E-state index in [1.807, 2.05) is 18.2 Å². The van der Waals surface area contributed by atoms with Gasteiger partial charge < -0.3 is 9.47 Å². The highest BCUT2D eigenvalue weighted by molar-refractivity contribution is 9.09. The van der Waals surface area contributed by atoms with Gasteiger partial charge >= 0.3 is 0 Å². The van der Waals surface area contributed by atoms with Crippen molar-refractivity contribution in [3.63, 3.8) is 0 Å². The molecule has 0 aliphatic heterocycles. The van der Waals surface area contributed by atoms with Crippen molar-refractivity contribution in [3.8, 4) is 11.5 Å². The largest absolute Gasteiger partial charge is 0.497 e. The second-order valence-electron chi connectivity index (χ2n) is 4.77. The molecule has 2 aromatic rings. The molecule has 0 heterocycles. The van der Waals surface area contributed by atoms with Crippen molar-refractivity contribution in [1.82, 2.24) is 0 Å². The topological polar surface area (TPSA) is 18.5 Å². The Morgan fingerprint density at radius 1 is 1.00 bits per heavy atom. The van der Waals surface area contributed by atoms with E-state index in [0.29, 0.717) is 0 Å². The molecule has 0 aliphatic rings. The van der Waals surface area contributed by atoms with Gasteiger partial charge in [0.2, 0.25) is 0 Å². The lowest BCUT2D eigenvalue weighted by molar-refractivity contribution is 0.398. The van der Waals surface area contributed by atoms with Crippen molar-refractivity contribution in [2.24, 2.45) is 0 Å². The highest BCUT2D eigenvalue weighted by atomic mass is 79.9. The van der Waals surface area contributed by atoms with Crippen LogP contribution in [0.2, 0.25) is 0 Å². The highest BCUT2D eigenvalue weighted by Crippen LogP contribution is 2.36. The predicted molar refractivity (Wildman–Crippen MR) is 86.1 cm³/mol. The molecule has 106 valence electrons. The Morgan fingerprint density at radius 3 is 2.30 bits per heavy atom. The van der Waals surface area contributed by atoms with Crippen molar-refractivity contribution >= 4 is 15.9 Å². The summed E-state index contributed by atoms with van der Waals surface area (Å²) in [6.45, 7) is 2.10. The Kier molecular flexibility index (Phi) is 5.07. The number of alkyl halides is 1. The van der Waals surface area contributed by atoms with Gasteiger partial charge in [-0.3, -0.25) is 0 Å². The number of methoxy groups -OCH3 is 2. The van der Waals surface area contributed by atoms with Gasteiger partial charge in [0.15, 0.2) is 0 Å². The molecule has 0 amide bonds. The maximum Gasteiger partial charge on any atom is 0.123 e. The van der Waals surface area contributed by atoms with E-state index < -0.39 is 0 Å². The summed E-state index contributed by atoms with van der Waals surface area (Å²) in [7, 11) is 3.37. The molecule has 0 spiro atoms. The summed E-state index contributed by atoms with van der Waals surface area (Å²) in [6.07, 6.45) is 0.907. The van der Waals surface area contributed by atoms with Gasteiger partial charge in [-0.15, -0.1) is 0 Å². The minimum absolute atomic E-state index is 0.190. The Balaban J connectivity index is 2.23. The Labute approximate surface area is 128 Å². The molecule has 3 heteroatoms. The highest BCUT2D eigenvalue weighted by Gasteiger charge is 2.15. The van der Waals surface area contributed by atoms with Crippen LogP contribution in [0.3, 0.4) is 0 Å². The molecule has 1 unspecified atom stereocenters. The standard InChI is InChI=1S/C17H19BrO2/c1-12-4-6-13(7-5-12)10-16(18)15-11-14(19-2)8-9-17(15)20-3/h4-9,11,16H,10H2,1-3H3. The zero-order chi connectivity index (χ0) is 14.5. The zero-order valence-corrected chi connectivity index (χ0v) is 13.6. The molecule has 0 bridgehead atoms. The van der Waals surface area contributed by atoms with Crippen LogP contribution < -0.4 is 9.47 Å². The molecule has 0 saturated carbocycles. The molecule has 20 heavy (non-hydrogen) atoms. The van der Waals surface area contributed by atoms with Gasteiger partial charge in [0.25, 0.3) is 0 Å². The molecule has 0 N–H and O–H groups in total. The molecule has 0 aromatic heterocycles. The van der Waals surface area contributed by atoms with Crippen LogP contribution >= 0.6 is 15.9 Å². The smallest absolute Gasteiger partial charge is 0.123 e. The first-order chi connectivity index (χ1) is 9.63. The maximum atomic E-state index is 5.44. The fourth-order valence-corrected chi connectivity index (χ4v) is 2.86. The average molecular weight is 335 g/mol. The molecular weight excluding hydrogens is 316 g/mol. The van der Waals surface area contributed by atoms with Gasteiger partial charge in [0.1, 0.15) is 11.5 Å². The number of rotatable bonds is 5. The summed E-state index contributed by atoms with van der Waals surface area (Å²) in [5, 5.41) is 0. The summed E-state index contributed by atoms with van der Waals surface area (Å²) in [4.78, 5) is 0.190. The predicted octanol–water partition coefficient (Wildman–Crippen LogP) is 4.69. The second-order valence-corrected chi connectivity index (χ2v) is 5.87. The SMILES string of the molecule is COc1ccc(OC)c(C(Br)Cc2ccc(C)cc2)c1. The fourth-order valence-electron chi connectivity index (χ4n) is 2.13. The third-order valence-corrected chi connectivity index (χ3v) is 4.13. The van der Waals surface area contributed by atoms with Crippen molar-refractivity contribution in [3.05, 3.63) is 59.2 Å². The van der Waals surface area contributed by atoms with Crippen LogP contribution in [-0.2, 0) is 6.42 Å². The first-order valence-electron chi connectivity index (χ1n) is 6.55. The molecule has 0 fully saturated rings. The first-order valence-corrected chi connectivity index (χ1v) is 7.47. The third-order valence-electron chi connectivity index (χ3n) is 3.31. The monoisotopic (exact) mass is 334 g/mol. The van der Waals surface area contributed by atoms with Crippen LogP contribution in [-0.4, -0.2) is 14.2 Å². The molecule has 0 saturated heterocycles. The molecule has 2 aromatic carbocycles. The van der Waals surface area contributed by atoms with Crippen molar-refractivity contribution < 1.29 is 9.47 Å². The number of aryl methyl sites for hydroxylation is 1. The van der Waals surface area contributed by atoms with E-state index in [1.165, 1.54) is 11.1 Å². The number of benzene rings is 2. The Hall–Kier alpha value is -1.48. The van der Waals surface area contributed by atoms with Gasteiger partial charge in [-0.25, -0.2) is 0 Å². The van der Waals surface area contributed by atoms with E-state index >= 15 is 0 Å². The fraction of sp³-hybridized carbons (Fsp3) is 0.294. The summed E-state index contributed by atoms with van der Waals surface area (Å²) in [6, 6.07) is 14.5. The van der Waals surface area contributed by atoms with Gasteiger partial charge in [-0.1, -0.05) is 45.8 Å². The second kappa shape index (κ2) is 6.80. The Bertz CT molecular complexity index is 564. The minimum Gasteiger partial charge on any atom is -0.497 e. The van der Waals surface area contributed by atoms with Crippen molar-refractivity contribution in [2.75, 3.05) is 14.2 Å². The van der Waals surface area contributed by atoms with Crippen molar-refractivity contribution in [2.45, 2.75) is 18.2 Å². The van der Waals surface area contributed by atoms with E-state index in [-0.39, 0.29) is 4.83 Å². The summed E-state index contributed by atoms with van der Waals surface area (Å²) in [5.74, 6) is 1.72. The molecule has 0 aliphatic carbocycles. The summed E-state index contributed by atoms with van der Waals surface area (Å²) in [5.41, 5.74) is 3.67. The first kappa shape index (κ1) is 14.9. The van der Waals surface area contributed by atoms with Crippen LogP contribution in [0.25, 0.3) is 0 Å². The number of halogens is 1. The minimum atomic E-state index is 0.190. The van der Waals surface area contributed by atoms with Crippen LogP contribution in [0.1, 0.15) is 21.5 Å². The van der Waals surface area contributed by atoms with Crippen LogP contribution in [0.4, 0.5) is 0 Å². The van der Waals surface area contributed by atoms with Crippen LogP contribution in [0, 0.1) is 6.92 Å². The molecule has 1 atom stereocenters. The number of ether oxygens (including phenoxy) is 2. The maximum absolute atomic E-state index is 5.44. The third kappa shape index (κ3) is 3.54. The van der Waals surface area contributed by atoms with Gasteiger partial charge in [0.05, 0.1) is 14.2 Å². The van der Waals surface area contributed by atoms with Crippen LogP contribution in [0.5, 0.6) is 11.5 Å². The lowest BCUT2D eigenvalue weighted by atomic mass is 10.0. The number of hydrogen-bond donors (Lipinski definition) is 0. The van der Waals surface area contributed by atoms with E-state index in [4.69, 9.17) is 9.47 Å². The lowest BCUT2D eigenvalue weighted by Gasteiger charge is -2.15. The average Bonchev–Trinajstić information content (AvgIpc) is 2.48. The molecule has 2 rings (SSSR count). The Morgan fingerprint density at radius 2 is 1.70 bits per heavy atom. The van der Waals surface area contributed by atoms with E-state index in [0.717, 1.165) is 23.5 Å². The normalized spacial score (nSPS) is 12.0. The molecule has 0 radical (unpaired) electrons. The van der Waals surface area contributed by atoms with Gasteiger partial charge in [-0.2, -0.15) is 0 Å². The zero-order valence-electron chi connectivity index (χ0n) is 12.0. The summed E-state index contributed by atoms with van der Waals surface area (Å²) >= 11 is 3.76. The van der Waals surface area contributed by atoms with E-state index in [2.05, 4.69) is 47.1 Å². The van der Waals surface area contributed by atoms with E-state index in [9.17, 15) is 0 Å². The van der Waals surface area contributed by atoms with E-state index in [1.54, 1.807) is 14.2 Å². The molecule has 2 nitrogen and oxygen atoms in total. The van der Waals surface area contributed by atoms with Gasteiger partial charge in [-0.05, 0) is 37.1 Å². The van der Waals surface area contributed by atoms with Crippen LogP contribution in [0.15, 0.2) is 42.5 Å². The lowest BCUT2D eigenvalue weighted by Crippen LogP contribution is -2.00. The van der Waals surface area contributed by atoms with Crippen molar-refractivity contribution in [1.29, 1.82) is 0 Å². The molecular formula is C17H19BrO2. The quantitative estimate of drug-likeness (QED) is 0.738. The summed E-state index contributed by atoms with van der Waals surface area (Å²) < 4.78 is 10.7.